The molecule has 13 heavy (non-hydrogen) atoms. The van der Waals surface area contributed by atoms with E-state index in [0.29, 0.717) is 17.9 Å². The summed E-state index contributed by atoms with van der Waals surface area (Å²) in [7, 11) is -4.04. The van der Waals surface area contributed by atoms with E-state index in [0.717, 1.165) is 5.57 Å². The van der Waals surface area contributed by atoms with E-state index in [2.05, 4.69) is 0 Å². The van der Waals surface area contributed by atoms with E-state index >= 15 is 0 Å². The third kappa shape index (κ3) is 2.19. The molecule has 1 aliphatic rings. The Hall–Kier alpha value is -0.610. The number of hydrogen-bond acceptors (Lipinski definition) is 2. The van der Waals surface area contributed by atoms with Gasteiger partial charge in [0.2, 0.25) is 0 Å². The second kappa shape index (κ2) is 3.27. The summed E-state index contributed by atoms with van der Waals surface area (Å²) in [6.07, 6.45) is 2.57. The first-order valence-electron chi connectivity index (χ1n) is 4.18. The second-order valence-electron chi connectivity index (χ2n) is 3.62. The quantitative estimate of drug-likeness (QED) is 0.663. The molecular formula is C9H14O3S. The fourth-order valence-corrected chi connectivity index (χ4v) is 2.90. The highest BCUT2D eigenvalue weighted by molar-refractivity contribution is 7.90. The Morgan fingerprint density at radius 2 is 2.00 bits per heavy atom. The third-order valence-electron chi connectivity index (χ3n) is 2.17. The van der Waals surface area contributed by atoms with Crippen molar-refractivity contribution in [1.29, 1.82) is 0 Å². The van der Waals surface area contributed by atoms with Gasteiger partial charge in [-0.1, -0.05) is 18.6 Å². The van der Waals surface area contributed by atoms with E-state index in [1.165, 1.54) is 0 Å². The summed E-state index contributed by atoms with van der Waals surface area (Å²) in [6.45, 7) is 5.48. The number of rotatable bonds is 1. The summed E-state index contributed by atoms with van der Waals surface area (Å²) < 4.78 is 30.9. The normalized spacial score (nSPS) is 24.6. The van der Waals surface area contributed by atoms with Crippen molar-refractivity contribution in [2.24, 2.45) is 5.92 Å². The Bertz CT molecular complexity index is 374. The maximum atomic E-state index is 11.0. The second-order valence-corrected chi connectivity index (χ2v) is 4.97. The van der Waals surface area contributed by atoms with Gasteiger partial charge in [-0.05, 0) is 31.8 Å². The SMILES string of the molecule is CC1=CC(C)CC(C)=C1S(=O)(=O)O. The van der Waals surface area contributed by atoms with Crippen LogP contribution in [0.15, 0.2) is 22.1 Å². The Balaban J connectivity index is 3.25. The van der Waals surface area contributed by atoms with Gasteiger partial charge >= 0.3 is 0 Å². The van der Waals surface area contributed by atoms with Gasteiger partial charge in [-0.25, -0.2) is 0 Å². The molecule has 1 rings (SSSR count). The van der Waals surface area contributed by atoms with Crippen LogP contribution in [0.25, 0.3) is 0 Å². The van der Waals surface area contributed by atoms with Crippen LogP contribution in [0.3, 0.4) is 0 Å². The summed E-state index contributed by atoms with van der Waals surface area (Å²) in [4.78, 5) is 0.102. The first kappa shape index (κ1) is 10.5. The minimum absolute atomic E-state index is 0.102. The van der Waals surface area contributed by atoms with Gasteiger partial charge < -0.3 is 0 Å². The van der Waals surface area contributed by atoms with E-state index in [9.17, 15) is 8.42 Å². The minimum Gasteiger partial charge on any atom is -0.282 e. The first-order valence-corrected chi connectivity index (χ1v) is 5.62. The third-order valence-corrected chi connectivity index (χ3v) is 3.35. The zero-order chi connectivity index (χ0) is 10.2. The predicted molar refractivity (Wildman–Crippen MR) is 51.8 cm³/mol. The van der Waals surface area contributed by atoms with E-state index in [1.54, 1.807) is 13.8 Å². The maximum Gasteiger partial charge on any atom is 0.294 e. The van der Waals surface area contributed by atoms with Crippen molar-refractivity contribution in [3.63, 3.8) is 0 Å². The molecule has 4 heteroatoms. The van der Waals surface area contributed by atoms with Crippen LogP contribution >= 0.6 is 0 Å². The molecule has 0 aromatic carbocycles. The topological polar surface area (TPSA) is 54.4 Å². The van der Waals surface area contributed by atoms with Crippen LogP contribution in [0.4, 0.5) is 0 Å². The molecule has 0 bridgehead atoms. The minimum atomic E-state index is -4.04. The Morgan fingerprint density at radius 1 is 1.46 bits per heavy atom. The maximum absolute atomic E-state index is 11.0. The standard InChI is InChI=1S/C9H14O3S/c1-6-4-7(2)9(8(3)5-6)13(10,11)12/h4,6H,5H2,1-3H3,(H,10,11,12). The van der Waals surface area contributed by atoms with Crippen LogP contribution in [0.2, 0.25) is 0 Å². The van der Waals surface area contributed by atoms with Gasteiger partial charge in [0.15, 0.2) is 0 Å². The number of allylic oxidation sites excluding steroid dienone is 3. The van der Waals surface area contributed by atoms with Crippen molar-refractivity contribution >= 4 is 10.1 Å². The van der Waals surface area contributed by atoms with Gasteiger partial charge in [0.1, 0.15) is 0 Å². The van der Waals surface area contributed by atoms with Crippen LogP contribution in [0, 0.1) is 5.92 Å². The van der Waals surface area contributed by atoms with Crippen LogP contribution in [-0.4, -0.2) is 13.0 Å². The zero-order valence-electron chi connectivity index (χ0n) is 8.03. The molecule has 1 N–H and O–H groups in total. The summed E-state index contributed by atoms with van der Waals surface area (Å²) >= 11 is 0. The first-order chi connectivity index (χ1) is 5.82. The molecule has 0 saturated carbocycles. The fourth-order valence-electron chi connectivity index (χ4n) is 1.90. The Kier molecular flexibility index (Phi) is 2.63. The lowest BCUT2D eigenvalue weighted by Gasteiger charge is -2.19. The summed E-state index contributed by atoms with van der Waals surface area (Å²) in [5.74, 6) is 0.352. The molecule has 0 aliphatic heterocycles. The predicted octanol–water partition coefficient (Wildman–Crippen LogP) is 2.13. The van der Waals surface area contributed by atoms with Crippen LogP contribution < -0.4 is 0 Å². The van der Waals surface area contributed by atoms with Gasteiger partial charge in [-0.3, -0.25) is 4.55 Å². The highest BCUT2D eigenvalue weighted by atomic mass is 32.2. The average Bonchev–Trinajstić information content (AvgIpc) is 1.78. The molecular weight excluding hydrogens is 188 g/mol. The molecule has 0 aromatic rings. The molecule has 0 radical (unpaired) electrons. The van der Waals surface area contributed by atoms with Crippen molar-refractivity contribution in [2.75, 3.05) is 0 Å². The van der Waals surface area contributed by atoms with E-state index in [4.69, 9.17) is 4.55 Å². The van der Waals surface area contributed by atoms with Gasteiger partial charge in [0, 0.05) is 0 Å². The molecule has 1 atom stereocenters. The fraction of sp³-hybridized carbons (Fsp3) is 0.556. The lowest BCUT2D eigenvalue weighted by atomic mass is 9.93. The van der Waals surface area contributed by atoms with Crippen molar-refractivity contribution in [1.82, 2.24) is 0 Å². The molecule has 0 spiro atoms. The van der Waals surface area contributed by atoms with Crippen LogP contribution in [0.5, 0.6) is 0 Å². The van der Waals surface area contributed by atoms with Crippen molar-refractivity contribution in [3.8, 4) is 0 Å². The molecule has 0 fully saturated rings. The number of hydrogen-bond donors (Lipinski definition) is 1. The molecule has 0 heterocycles. The van der Waals surface area contributed by atoms with Gasteiger partial charge in [-0.15, -0.1) is 0 Å². The summed E-state index contributed by atoms with van der Waals surface area (Å²) in [5, 5.41) is 0. The molecule has 0 amide bonds. The Morgan fingerprint density at radius 3 is 2.38 bits per heavy atom. The monoisotopic (exact) mass is 202 g/mol. The van der Waals surface area contributed by atoms with Gasteiger partial charge in [0.05, 0.1) is 4.91 Å². The molecule has 3 nitrogen and oxygen atoms in total. The van der Waals surface area contributed by atoms with Crippen LogP contribution in [-0.2, 0) is 10.1 Å². The van der Waals surface area contributed by atoms with Crippen molar-refractivity contribution in [2.45, 2.75) is 27.2 Å². The molecule has 74 valence electrons. The molecule has 1 aliphatic carbocycles. The zero-order valence-corrected chi connectivity index (χ0v) is 8.85. The summed E-state index contributed by atoms with van der Waals surface area (Å²) in [5.41, 5.74) is 1.40. The van der Waals surface area contributed by atoms with Crippen molar-refractivity contribution < 1.29 is 13.0 Å². The van der Waals surface area contributed by atoms with E-state index in [-0.39, 0.29) is 4.91 Å². The van der Waals surface area contributed by atoms with E-state index < -0.39 is 10.1 Å². The summed E-state index contributed by atoms with van der Waals surface area (Å²) in [6, 6.07) is 0. The highest BCUT2D eigenvalue weighted by Gasteiger charge is 2.23. The highest BCUT2D eigenvalue weighted by Crippen LogP contribution is 2.30. The average molecular weight is 202 g/mol. The Labute approximate surface area is 78.9 Å². The van der Waals surface area contributed by atoms with Crippen molar-refractivity contribution in [3.05, 3.63) is 22.1 Å². The van der Waals surface area contributed by atoms with E-state index in [1.807, 2.05) is 13.0 Å². The largest absolute Gasteiger partial charge is 0.294 e. The molecule has 0 saturated heterocycles. The lowest BCUT2D eigenvalue weighted by molar-refractivity contribution is 0.490. The molecule has 1 unspecified atom stereocenters. The smallest absolute Gasteiger partial charge is 0.282 e. The van der Waals surface area contributed by atoms with Gasteiger partial charge in [0.25, 0.3) is 10.1 Å². The van der Waals surface area contributed by atoms with Crippen LogP contribution in [0.1, 0.15) is 27.2 Å². The van der Waals surface area contributed by atoms with Gasteiger partial charge in [-0.2, -0.15) is 8.42 Å². The molecule has 0 aromatic heterocycles. The lowest BCUT2D eigenvalue weighted by Crippen LogP contribution is -2.12.